The predicted molar refractivity (Wildman–Crippen MR) is 123 cm³/mol. The zero-order valence-corrected chi connectivity index (χ0v) is 20.2. The summed E-state index contributed by atoms with van der Waals surface area (Å²) in [4.78, 5) is 42.5. The number of methoxy groups -OCH3 is 2. The van der Waals surface area contributed by atoms with E-state index < -0.39 is 39.1 Å². The lowest BCUT2D eigenvalue weighted by Crippen LogP contribution is -2.37. The molecule has 33 heavy (non-hydrogen) atoms. The smallest absolute Gasteiger partial charge is 0.325 e. The maximum absolute atomic E-state index is 12.5. The number of hydrogen-bond donors (Lipinski definition) is 0. The van der Waals surface area contributed by atoms with E-state index in [4.69, 9.17) is 9.47 Å². The molecule has 0 saturated carbocycles. The standard InChI is InChI=1S/C21H27N3O7S2/c1-30-15-7-8-16-17(11-15)32-21(24(16)12-20(27)31-2)22-18(25)13-33(28,29)14-19(26)23-9-5-3-4-6-10-23/h7-8,11H,3-6,9-10,12-14H2,1-2H3. The van der Waals surface area contributed by atoms with Crippen LogP contribution in [0.2, 0.25) is 0 Å². The fourth-order valence-corrected chi connectivity index (χ4v) is 5.77. The summed E-state index contributed by atoms with van der Waals surface area (Å²) >= 11 is 1.12. The van der Waals surface area contributed by atoms with E-state index in [1.165, 1.54) is 18.8 Å². The van der Waals surface area contributed by atoms with E-state index in [9.17, 15) is 22.8 Å². The maximum Gasteiger partial charge on any atom is 0.325 e. The largest absolute Gasteiger partial charge is 0.497 e. The molecule has 0 unspecified atom stereocenters. The second kappa shape index (κ2) is 10.9. The minimum atomic E-state index is -3.99. The highest BCUT2D eigenvalue weighted by atomic mass is 32.2. The summed E-state index contributed by atoms with van der Waals surface area (Å²) in [6.45, 7) is 0.867. The molecule has 1 aromatic carbocycles. The molecular formula is C21H27N3O7S2. The summed E-state index contributed by atoms with van der Waals surface area (Å²) in [5.41, 5.74) is 0.622. The lowest BCUT2D eigenvalue weighted by Gasteiger charge is -2.19. The Morgan fingerprint density at radius 3 is 2.39 bits per heavy atom. The molecule has 180 valence electrons. The maximum atomic E-state index is 12.5. The molecular weight excluding hydrogens is 470 g/mol. The minimum absolute atomic E-state index is 0.155. The highest BCUT2D eigenvalue weighted by Gasteiger charge is 2.25. The van der Waals surface area contributed by atoms with Gasteiger partial charge in [0.05, 0.1) is 24.4 Å². The first-order chi connectivity index (χ1) is 15.7. The van der Waals surface area contributed by atoms with E-state index in [0.717, 1.165) is 37.0 Å². The summed E-state index contributed by atoms with van der Waals surface area (Å²) in [6, 6.07) is 5.15. The number of carbonyl (C=O) groups is 3. The van der Waals surface area contributed by atoms with Crippen molar-refractivity contribution >= 4 is 49.2 Å². The van der Waals surface area contributed by atoms with Gasteiger partial charge in [-0.25, -0.2) is 8.42 Å². The Labute approximate surface area is 195 Å². The van der Waals surface area contributed by atoms with Crippen LogP contribution in [-0.4, -0.2) is 74.5 Å². The number of thiazole rings is 1. The molecule has 1 saturated heterocycles. The van der Waals surface area contributed by atoms with Gasteiger partial charge in [0, 0.05) is 13.1 Å². The first kappa shape index (κ1) is 24.9. The average molecular weight is 498 g/mol. The van der Waals surface area contributed by atoms with Gasteiger partial charge in [-0.2, -0.15) is 4.99 Å². The van der Waals surface area contributed by atoms with Crippen LogP contribution in [0.15, 0.2) is 23.2 Å². The van der Waals surface area contributed by atoms with Crippen molar-refractivity contribution in [1.29, 1.82) is 0 Å². The number of nitrogens with zero attached hydrogens (tertiary/aromatic N) is 3. The number of carbonyl (C=O) groups excluding carboxylic acids is 3. The number of hydrogen-bond acceptors (Lipinski definition) is 8. The predicted octanol–water partition coefficient (Wildman–Crippen LogP) is 1.13. The Bertz CT molecular complexity index is 1210. The number of likely N-dealkylation sites (tertiary alicyclic amines) is 1. The number of fused-ring (bicyclic) bond motifs is 1. The summed E-state index contributed by atoms with van der Waals surface area (Å²) < 4.78 is 37.1. The zero-order valence-electron chi connectivity index (χ0n) is 18.6. The Morgan fingerprint density at radius 1 is 1.06 bits per heavy atom. The van der Waals surface area contributed by atoms with Crippen LogP contribution in [0.5, 0.6) is 5.75 Å². The molecule has 2 aromatic rings. The molecule has 10 nitrogen and oxygen atoms in total. The lowest BCUT2D eigenvalue weighted by molar-refractivity contribution is -0.141. The number of rotatable bonds is 7. The molecule has 0 spiro atoms. The molecule has 0 aliphatic carbocycles. The van der Waals surface area contributed by atoms with Crippen molar-refractivity contribution in [3.05, 3.63) is 23.0 Å². The van der Waals surface area contributed by atoms with Crippen molar-refractivity contribution in [1.82, 2.24) is 9.47 Å². The van der Waals surface area contributed by atoms with Gasteiger partial charge in [-0.3, -0.25) is 14.4 Å². The van der Waals surface area contributed by atoms with Crippen LogP contribution in [0.3, 0.4) is 0 Å². The van der Waals surface area contributed by atoms with Crippen LogP contribution in [0, 0.1) is 0 Å². The first-order valence-corrected chi connectivity index (χ1v) is 13.2. The van der Waals surface area contributed by atoms with Gasteiger partial charge in [-0.05, 0) is 31.0 Å². The average Bonchev–Trinajstić information content (AvgIpc) is 2.93. The van der Waals surface area contributed by atoms with Gasteiger partial charge in [-0.1, -0.05) is 24.2 Å². The van der Waals surface area contributed by atoms with Crippen LogP contribution in [-0.2, 0) is 35.5 Å². The monoisotopic (exact) mass is 497 g/mol. The number of sulfone groups is 1. The van der Waals surface area contributed by atoms with Gasteiger partial charge >= 0.3 is 5.97 Å². The van der Waals surface area contributed by atoms with Crippen molar-refractivity contribution in [2.75, 3.05) is 38.8 Å². The van der Waals surface area contributed by atoms with Gasteiger partial charge in [0.15, 0.2) is 14.6 Å². The third-order valence-corrected chi connectivity index (χ3v) is 7.69. The minimum Gasteiger partial charge on any atom is -0.497 e. The molecule has 0 atom stereocenters. The summed E-state index contributed by atoms with van der Waals surface area (Å²) in [6.07, 6.45) is 3.72. The van der Waals surface area contributed by atoms with Gasteiger partial charge in [0.25, 0.3) is 5.91 Å². The van der Waals surface area contributed by atoms with E-state index in [0.29, 0.717) is 29.1 Å². The molecule has 0 bridgehead atoms. The van der Waals surface area contributed by atoms with Crippen LogP contribution in [0.25, 0.3) is 10.2 Å². The molecule has 2 heterocycles. The Morgan fingerprint density at radius 2 is 1.76 bits per heavy atom. The van der Waals surface area contributed by atoms with E-state index in [1.807, 2.05) is 0 Å². The van der Waals surface area contributed by atoms with Crippen LogP contribution in [0.1, 0.15) is 25.7 Å². The van der Waals surface area contributed by atoms with Crippen LogP contribution >= 0.6 is 11.3 Å². The third-order valence-electron chi connectivity index (χ3n) is 5.27. The van der Waals surface area contributed by atoms with E-state index in [1.54, 1.807) is 23.1 Å². The SMILES string of the molecule is COC(=O)Cn1c(=NC(=O)CS(=O)(=O)CC(=O)N2CCCCCC2)sc2cc(OC)ccc21. The number of esters is 1. The van der Waals surface area contributed by atoms with E-state index >= 15 is 0 Å². The molecule has 0 radical (unpaired) electrons. The second-order valence-corrected chi connectivity index (χ2v) is 10.8. The number of aromatic nitrogens is 1. The topological polar surface area (TPSA) is 124 Å². The van der Waals surface area contributed by atoms with Crippen molar-refractivity contribution in [3.63, 3.8) is 0 Å². The first-order valence-electron chi connectivity index (χ1n) is 10.5. The van der Waals surface area contributed by atoms with Crippen molar-refractivity contribution < 1.29 is 32.3 Å². The van der Waals surface area contributed by atoms with Gasteiger partial charge in [0.2, 0.25) is 5.91 Å². The second-order valence-electron chi connectivity index (χ2n) is 7.71. The van der Waals surface area contributed by atoms with E-state index in [2.05, 4.69) is 4.99 Å². The Balaban J connectivity index is 1.83. The van der Waals surface area contributed by atoms with Gasteiger partial charge in [0.1, 0.15) is 23.8 Å². The van der Waals surface area contributed by atoms with Crippen molar-refractivity contribution in [3.8, 4) is 5.75 Å². The molecule has 2 amide bonds. The Kier molecular flexibility index (Phi) is 8.25. The third kappa shape index (κ3) is 6.64. The number of benzene rings is 1. The molecule has 1 aliphatic heterocycles. The van der Waals surface area contributed by atoms with E-state index in [-0.39, 0.29) is 11.3 Å². The summed E-state index contributed by atoms with van der Waals surface area (Å²) in [5, 5.41) is 0. The molecule has 1 fully saturated rings. The molecule has 12 heteroatoms. The quantitative estimate of drug-likeness (QED) is 0.525. The number of amides is 2. The lowest BCUT2D eigenvalue weighted by atomic mass is 10.2. The fraction of sp³-hybridized carbons (Fsp3) is 0.524. The van der Waals surface area contributed by atoms with Gasteiger partial charge < -0.3 is 18.9 Å². The van der Waals surface area contributed by atoms with Crippen molar-refractivity contribution in [2.45, 2.75) is 32.2 Å². The summed E-state index contributed by atoms with van der Waals surface area (Å²) in [5.74, 6) is -2.96. The highest BCUT2D eigenvalue weighted by molar-refractivity contribution is 7.92. The number of ether oxygens (including phenoxy) is 2. The van der Waals surface area contributed by atoms with Gasteiger partial charge in [-0.15, -0.1) is 0 Å². The molecule has 0 N–H and O–H groups in total. The molecule has 3 rings (SSSR count). The molecule has 1 aliphatic rings. The highest BCUT2D eigenvalue weighted by Crippen LogP contribution is 2.23. The fourth-order valence-electron chi connectivity index (χ4n) is 3.59. The Hall–Kier alpha value is -2.73. The van der Waals surface area contributed by atoms with Crippen molar-refractivity contribution in [2.24, 2.45) is 4.99 Å². The normalized spacial score (nSPS) is 15.3. The van der Waals surface area contributed by atoms with Crippen LogP contribution in [0.4, 0.5) is 0 Å². The zero-order chi connectivity index (χ0) is 24.0. The molecule has 1 aromatic heterocycles. The summed E-state index contributed by atoms with van der Waals surface area (Å²) in [7, 11) is -1.23. The van der Waals surface area contributed by atoms with Crippen LogP contribution < -0.4 is 9.54 Å².